The topological polar surface area (TPSA) is 59.0 Å². The van der Waals surface area contributed by atoms with Crippen molar-refractivity contribution in [2.24, 2.45) is 5.92 Å². The van der Waals surface area contributed by atoms with Crippen molar-refractivity contribution in [2.75, 3.05) is 6.54 Å². The van der Waals surface area contributed by atoms with Crippen molar-refractivity contribution in [2.45, 2.75) is 85.0 Å². The first kappa shape index (κ1) is 24.5. The molecule has 0 spiro atoms. The van der Waals surface area contributed by atoms with Gasteiger partial charge in [0.1, 0.15) is 0 Å². The lowest BCUT2D eigenvalue weighted by Crippen LogP contribution is -2.41. The smallest absolute Gasteiger partial charge is 0.465 e. The van der Waals surface area contributed by atoms with Gasteiger partial charge in [-0.2, -0.15) is 0 Å². The van der Waals surface area contributed by atoms with Crippen LogP contribution in [0.3, 0.4) is 0 Å². The van der Waals surface area contributed by atoms with Crippen molar-refractivity contribution in [3.05, 3.63) is 42.0 Å². The number of hydrogen-bond acceptors (Lipinski definition) is 3. The van der Waals surface area contributed by atoms with Crippen LogP contribution in [0.4, 0.5) is 4.79 Å². The lowest BCUT2D eigenvalue weighted by molar-refractivity contribution is 0.00578. The molecule has 0 bridgehead atoms. The van der Waals surface area contributed by atoms with Crippen LogP contribution in [-0.4, -0.2) is 41.0 Å². The van der Waals surface area contributed by atoms with E-state index < -0.39 is 13.2 Å². The van der Waals surface area contributed by atoms with E-state index in [0.29, 0.717) is 12.5 Å². The van der Waals surface area contributed by atoms with Crippen molar-refractivity contribution >= 4 is 18.7 Å². The molecule has 30 heavy (non-hydrogen) atoms. The van der Waals surface area contributed by atoms with Gasteiger partial charge in [0.25, 0.3) is 0 Å². The van der Waals surface area contributed by atoms with Crippen LogP contribution in [-0.2, 0) is 9.31 Å². The molecular weight excluding hydrogens is 377 g/mol. The predicted octanol–water partition coefficient (Wildman–Crippen LogP) is 5.41. The van der Waals surface area contributed by atoms with E-state index in [-0.39, 0.29) is 17.2 Å². The van der Waals surface area contributed by atoms with Crippen molar-refractivity contribution in [3.63, 3.8) is 0 Å². The molecule has 1 heterocycles. The van der Waals surface area contributed by atoms with Crippen LogP contribution in [0.25, 0.3) is 0 Å². The Morgan fingerprint density at radius 2 is 1.63 bits per heavy atom. The average Bonchev–Trinajstić information content (AvgIpc) is 2.87. The standard InChI is InChI=1S/C24H38BNO4/c1-17(2)9-10-18(3)15-16-26(22(27)28)19(4)20-11-13-21(14-12-20)25-29-23(5,6)24(7,8)30-25/h11-14,18-19H,1,9-10,15-16H2,2-8H3,(H,27,28). The number of carboxylic acid groups (broad SMARTS) is 1. The third kappa shape index (κ3) is 5.89. The summed E-state index contributed by atoms with van der Waals surface area (Å²) in [6.45, 7) is 18.7. The monoisotopic (exact) mass is 415 g/mol. The molecule has 1 aliphatic heterocycles. The van der Waals surface area contributed by atoms with Crippen LogP contribution >= 0.6 is 0 Å². The molecule has 0 aromatic heterocycles. The highest BCUT2D eigenvalue weighted by Crippen LogP contribution is 2.36. The van der Waals surface area contributed by atoms with Gasteiger partial charge in [-0.3, -0.25) is 0 Å². The van der Waals surface area contributed by atoms with Crippen LogP contribution in [0.15, 0.2) is 36.4 Å². The van der Waals surface area contributed by atoms with E-state index in [0.717, 1.165) is 30.3 Å². The SMILES string of the molecule is C=C(C)CCC(C)CCN(C(=O)O)C(C)c1ccc(B2OC(C)(C)C(C)(C)O2)cc1. The lowest BCUT2D eigenvalue weighted by atomic mass is 9.78. The van der Waals surface area contributed by atoms with E-state index in [9.17, 15) is 9.90 Å². The summed E-state index contributed by atoms with van der Waals surface area (Å²) in [5, 5.41) is 9.75. The molecule has 6 heteroatoms. The van der Waals surface area contributed by atoms with Gasteiger partial charge in [-0.25, -0.2) is 4.79 Å². The quantitative estimate of drug-likeness (QED) is 0.433. The first-order valence-electron chi connectivity index (χ1n) is 10.9. The summed E-state index contributed by atoms with van der Waals surface area (Å²) >= 11 is 0. The Balaban J connectivity index is 2.03. The second-order valence-electron chi connectivity index (χ2n) is 9.80. The van der Waals surface area contributed by atoms with E-state index in [1.165, 1.54) is 10.5 Å². The zero-order valence-electron chi connectivity index (χ0n) is 19.7. The molecule has 2 unspecified atom stereocenters. The number of nitrogens with zero attached hydrogens (tertiary/aromatic N) is 1. The minimum Gasteiger partial charge on any atom is -0.465 e. The Morgan fingerprint density at radius 3 is 2.10 bits per heavy atom. The molecule has 1 aliphatic rings. The molecule has 1 fully saturated rings. The van der Waals surface area contributed by atoms with E-state index in [2.05, 4.69) is 13.5 Å². The Kier molecular flexibility index (Phi) is 7.81. The molecule has 0 saturated carbocycles. The zero-order valence-corrected chi connectivity index (χ0v) is 19.7. The molecule has 1 amide bonds. The van der Waals surface area contributed by atoms with E-state index in [1.807, 2.05) is 65.8 Å². The fourth-order valence-electron chi connectivity index (χ4n) is 3.54. The van der Waals surface area contributed by atoms with E-state index >= 15 is 0 Å². The van der Waals surface area contributed by atoms with Crippen LogP contribution in [0.5, 0.6) is 0 Å². The maximum absolute atomic E-state index is 11.9. The van der Waals surface area contributed by atoms with Gasteiger partial charge in [0, 0.05) is 6.54 Å². The van der Waals surface area contributed by atoms with Gasteiger partial charge < -0.3 is 19.3 Å². The van der Waals surface area contributed by atoms with Crippen LogP contribution < -0.4 is 5.46 Å². The summed E-state index contributed by atoms with van der Waals surface area (Å²) in [6, 6.07) is 7.69. The van der Waals surface area contributed by atoms with Crippen molar-refractivity contribution in [3.8, 4) is 0 Å². The molecule has 0 radical (unpaired) electrons. The largest absolute Gasteiger partial charge is 0.494 e. The van der Waals surface area contributed by atoms with Gasteiger partial charge in [0.05, 0.1) is 17.2 Å². The minimum atomic E-state index is -0.885. The number of carbonyl (C=O) groups is 1. The number of hydrogen-bond donors (Lipinski definition) is 1. The maximum atomic E-state index is 11.9. The molecule has 5 nitrogen and oxygen atoms in total. The average molecular weight is 415 g/mol. The maximum Gasteiger partial charge on any atom is 0.494 e. The predicted molar refractivity (Wildman–Crippen MR) is 123 cm³/mol. The first-order chi connectivity index (χ1) is 13.8. The minimum absolute atomic E-state index is 0.219. The summed E-state index contributed by atoms with van der Waals surface area (Å²) in [4.78, 5) is 13.4. The second kappa shape index (κ2) is 9.57. The van der Waals surface area contributed by atoms with E-state index in [1.54, 1.807) is 0 Å². The summed E-state index contributed by atoms with van der Waals surface area (Å²) in [6.07, 6.45) is 1.99. The van der Waals surface area contributed by atoms with Crippen LogP contribution in [0.2, 0.25) is 0 Å². The van der Waals surface area contributed by atoms with Gasteiger partial charge in [-0.1, -0.05) is 36.8 Å². The Hall–Kier alpha value is -1.79. The third-order valence-electron chi connectivity index (χ3n) is 6.58. The summed E-state index contributed by atoms with van der Waals surface area (Å²) in [7, 11) is -0.413. The van der Waals surface area contributed by atoms with Crippen LogP contribution in [0.1, 0.15) is 79.3 Å². The van der Waals surface area contributed by atoms with Gasteiger partial charge in [0.2, 0.25) is 0 Å². The van der Waals surface area contributed by atoms with Gasteiger partial charge >= 0.3 is 13.2 Å². The highest BCUT2D eigenvalue weighted by atomic mass is 16.7. The Morgan fingerprint density at radius 1 is 1.10 bits per heavy atom. The molecule has 1 N–H and O–H groups in total. The molecule has 1 aromatic carbocycles. The third-order valence-corrected chi connectivity index (χ3v) is 6.58. The van der Waals surface area contributed by atoms with E-state index in [4.69, 9.17) is 9.31 Å². The molecule has 2 rings (SSSR count). The normalized spacial score (nSPS) is 19.4. The number of rotatable bonds is 9. The van der Waals surface area contributed by atoms with Gasteiger partial charge in [0.15, 0.2) is 0 Å². The molecule has 0 aliphatic carbocycles. The summed E-state index contributed by atoms with van der Waals surface area (Å²) < 4.78 is 12.2. The number of benzene rings is 1. The molecule has 1 aromatic rings. The summed E-state index contributed by atoms with van der Waals surface area (Å²) in [5.74, 6) is 0.460. The molecule has 2 atom stereocenters. The van der Waals surface area contributed by atoms with Gasteiger partial charge in [-0.05, 0) is 77.7 Å². The highest BCUT2D eigenvalue weighted by molar-refractivity contribution is 6.62. The van der Waals surface area contributed by atoms with Crippen molar-refractivity contribution in [1.29, 1.82) is 0 Å². The number of amides is 1. The van der Waals surface area contributed by atoms with Crippen molar-refractivity contribution < 1.29 is 19.2 Å². The fraction of sp³-hybridized carbons (Fsp3) is 0.625. The lowest BCUT2D eigenvalue weighted by Gasteiger charge is -2.32. The van der Waals surface area contributed by atoms with Gasteiger partial charge in [-0.15, -0.1) is 6.58 Å². The molecule has 1 saturated heterocycles. The molecular formula is C24H38BNO4. The highest BCUT2D eigenvalue weighted by Gasteiger charge is 2.51. The second-order valence-corrected chi connectivity index (χ2v) is 9.80. The molecule has 166 valence electrons. The first-order valence-corrected chi connectivity index (χ1v) is 10.9. The Labute approximate surface area is 182 Å². The number of allylic oxidation sites excluding steroid dienone is 1. The van der Waals surface area contributed by atoms with Crippen LogP contribution in [0, 0.1) is 5.92 Å². The Bertz CT molecular complexity index is 728. The fourth-order valence-corrected chi connectivity index (χ4v) is 3.54. The van der Waals surface area contributed by atoms with Crippen molar-refractivity contribution in [1.82, 2.24) is 4.90 Å². The summed E-state index contributed by atoms with van der Waals surface area (Å²) in [5.41, 5.74) is 2.31. The zero-order chi connectivity index (χ0) is 22.7.